The van der Waals surface area contributed by atoms with Crippen LogP contribution in [0.15, 0.2) is 48.5 Å². The van der Waals surface area contributed by atoms with Crippen molar-refractivity contribution in [2.75, 3.05) is 12.4 Å². The fraction of sp³-hybridized carbons (Fsp3) is 0.350. The molecule has 1 amide bonds. The van der Waals surface area contributed by atoms with Crippen molar-refractivity contribution in [3.8, 4) is 5.75 Å². The molecule has 2 aromatic carbocycles. The van der Waals surface area contributed by atoms with E-state index in [9.17, 15) is 13.6 Å². The standard InChI is InChI=1S/C20H24F2N2O2/c1-4-15-9-11-16(12-10-15)13-24(3)14(2)19(25)23-17-7-5-6-8-18(17)26-20(21)22/h5-12,14,20H,4,13H2,1-3H3,(H,23,25). The molecule has 0 aliphatic rings. The number of aryl methyl sites for hydroxylation is 1. The van der Waals surface area contributed by atoms with Crippen molar-refractivity contribution in [1.82, 2.24) is 4.90 Å². The number of carbonyl (C=O) groups excluding carboxylic acids is 1. The van der Waals surface area contributed by atoms with Crippen LogP contribution in [0.25, 0.3) is 0 Å². The number of rotatable bonds is 8. The second kappa shape index (κ2) is 9.29. The van der Waals surface area contributed by atoms with Gasteiger partial charge in [0.1, 0.15) is 5.75 Å². The van der Waals surface area contributed by atoms with E-state index in [0.717, 1.165) is 12.0 Å². The fourth-order valence-electron chi connectivity index (χ4n) is 2.51. The molecule has 0 saturated heterocycles. The van der Waals surface area contributed by atoms with Gasteiger partial charge in [0.05, 0.1) is 11.7 Å². The second-order valence-electron chi connectivity index (χ2n) is 6.13. The smallest absolute Gasteiger partial charge is 0.387 e. The van der Waals surface area contributed by atoms with Gasteiger partial charge in [-0.25, -0.2) is 0 Å². The van der Waals surface area contributed by atoms with Gasteiger partial charge in [-0.05, 0) is 43.7 Å². The third-order valence-electron chi connectivity index (χ3n) is 4.26. The number of para-hydroxylation sites is 2. The molecule has 0 heterocycles. The maximum atomic E-state index is 12.5. The minimum Gasteiger partial charge on any atom is -0.433 e. The Morgan fingerprint density at radius 3 is 2.35 bits per heavy atom. The number of amides is 1. The van der Waals surface area contributed by atoms with Crippen LogP contribution in [0.4, 0.5) is 14.5 Å². The lowest BCUT2D eigenvalue weighted by molar-refractivity contribution is -0.120. The molecule has 1 atom stereocenters. The predicted octanol–water partition coefficient (Wildman–Crippen LogP) is 4.31. The summed E-state index contributed by atoms with van der Waals surface area (Å²) >= 11 is 0. The average Bonchev–Trinajstić information content (AvgIpc) is 2.62. The third kappa shape index (κ3) is 5.52. The molecule has 0 aromatic heterocycles. The SMILES string of the molecule is CCc1ccc(CN(C)C(C)C(=O)Nc2ccccc2OC(F)F)cc1. The van der Waals surface area contributed by atoms with E-state index in [1.165, 1.54) is 17.7 Å². The number of nitrogens with one attached hydrogen (secondary N) is 1. The fourth-order valence-corrected chi connectivity index (χ4v) is 2.51. The monoisotopic (exact) mass is 362 g/mol. The lowest BCUT2D eigenvalue weighted by Crippen LogP contribution is -2.39. The second-order valence-corrected chi connectivity index (χ2v) is 6.13. The highest BCUT2D eigenvalue weighted by molar-refractivity contribution is 5.95. The van der Waals surface area contributed by atoms with Gasteiger partial charge < -0.3 is 10.1 Å². The summed E-state index contributed by atoms with van der Waals surface area (Å²) in [6.45, 7) is 1.53. The van der Waals surface area contributed by atoms with Gasteiger partial charge in [-0.2, -0.15) is 8.78 Å². The quantitative estimate of drug-likeness (QED) is 0.761. The van der Waals surface area contributed by atoms with Crippen LogP contribution in [0.3, 0.4) is 0 Å². The molecule has 0 saturated carbocycles. The van der Waals surface area contributed by atoms with Crippen LogP contribution in [0, 0.1) is 0 Å². The van der Waals surface area contributed by atoms with Gasteiger partial charge in [0, 0.05) is 6.54 Å². The topological polar surface area (TPSA) is 41.6 Å². The van der Waals surface area contributed by atoms with Crippen molar-refractivity contribution in [2.24, 2.45) is 0 Å². The van der Waals surface area contributed by atoms with Crippen LogP contribution in [0.5, 0.6) is 5.75 Å². The number of nitrogens with zero attached hydrogens (tertiary/aromatic N) is 1. The third-order valence-corrected chi connectivity index (χ3v) is 4.26. The normalized spacial score (nSPS) is 12.3. The van der Waals surface area contributed by atoms with E-state index in [4.69, 9.17) is 0 Å². The van der Waals surface area contributed by atoms with Crippen LogP contribution >= 0.6 is 0 Å². The number of ether oxygens (including phenoxy) is 1. The first-order valence-corrected chi connectivity index (χ1v) is 8.53. The van der Waals surface area contributed by atoms with Crippen molar-refractivity contribution in [3.63, 3.8) is 0 Å². The highest BCUT2D eigenvalue weighted by Gasteiger charge is 2.20. The number of carbonyl (C=O) groups is 1. The Bertz CT molecular complexity index is 720. The Morgan fingerprint density at radius 2 is 1.73 bits per heavy atom. The summed E-state index contributed by atoms with van der Waals surface area (Å²) in [4.78, 5) is 14.4. The van der Waals surface area contributed by atoms with Gasteiger partial charge in [-0.1, -0.05) is 43.3 Å². The highest BCUT2D eigenvalue weighted by Crippen LogP contribution is 2.25. The number of benzene rings is 2. The molecule has 0 radical (unpaired) electrons. The molecule has 1 N–H and O–H groups in total. The Labute approximate surface area is 152 Å². The zero-order valence-electron chi connectivity index (χ0n) is 15.2. The molecule has 0 aliphatic carbocycles. The Morgan fingerprint density at radius 1 is 1.12 bits per heavy atom. The molecular formula is C20H24F2N2O2. The van der Waals surface area contributed by atoms with Gasteiger partial charge in [-0.15, -0.1) is 0 Å². The number of hydrogen-bond acceptors (Lipinski definition) is 3. The Balaban J connectivity index is 2.00. The van der Waals surface area contributed by atoms with Gasteiger partial charge in [-0.3, -0.25) is 9.69 Å². The van der Waals surface area contributed by atoms with Gasteiger partial charge in [0.15, 0.2) is 0 Å². The molecule has 26 heavy (non-hydrogen) atoms. The summed E-state index contributed by atoms with van der Waals surface area (Å²) in [5.74, 6) is -0.344. The Hall–Kier alpha value is -2.47. The molecule has 0 fully saturated rings. The molecule has 2 rings (SSSR count). The maximum absolute atomic E-state index is 12.5. The maximum Gasteiger partial charge on any atom is 0.387 e. The van der Waals surface area contributed by atoms with Gasteiger partial charge in [0.25, 0.3) is 0 Å². The zero-order chi connectivity index (χ0) is 19.1. The van der Waals surface area contributed by atoms with Crippen molar-refractivity contribution < 1.29 is 18.3 Å². The average molecular weight is 362 g/mol. The molecule has 6 heteroatoms. The minimum atomic E-state index is -2.95. The summed E-state index contributed by atoms with van der Waals surface area (Å²) in [6, 6.07) is 14.0. The van der Waals surface area contributed by atoms with Crippen molar-refractivity contribution in [1.29, 1.82) is 0 Å². The molecule has 0 aliphatic heterocycles. The van der Waals surface area contributed by atoms with Crippen LogP contribution in [-0.4, -0.2) is 30.5 Å². The molecule has 2 aromatic rings. The van der Waals surface area contributed by atoms with Crippen LogP contribution in [0.1, 0.15) is 25.0 Å². The number of likely N-dealkylation sites (N-methyl/N-ethyl adjacent to an activating group) is 1. The molecule has 140 valence electrons. The first-order chi connectivity index (χ1) is 12.4. The number of anilines is 1. The molecule has 4 nitrogen and oxygen atoms in total. The van der Waals surface area contributed by atoms with E-state index in [0.29, 0.717) is 6.54 Å². The zero-order valence-corrected chi connectivity index (χ0v) is 15.2. The summed E-state index contributed by atoms with van der Waals surface area (Å²) in [5, 5.41) is 2.66. The van der Waals surface area contributed by atoms with Crippen LogP contribution in [0.2, 0.25) is 0 Å². The van der Waals surface area contributed by atoms with E-state index in [2.05, 4.69) is 29.1 Å². The summed E-state index contributed by atoms with van der Waals surface area (Å²) in [5.41, 5.74) is 2.59. The molecular weight excluding hydrogens is 338 g/mol. The van der Waals surface area contributed by atoms with Crippen molar-refractivity contribution in [2.45, 2.75) is 39.5 Å². The Kier molecular flexibility index (Phi) is 7.09. The predicted molar refractivity (Wildman–Crippen MR) is 98.5 cm³/mol. The minimum absolute atomic E-state index is 0.0548. The first kappa shape index (κ1) is 19.8. The van der Waals surface area contributed by atoms with E-state index in [1.54, 1.807) is 19.1 Å². The van der Waals surface area contributed by atoms with E-state index < -0.39 is 12.7 Å². The summed E-state index contributed by atoms with van der Waals surface area (Å²) < 4.78 is 29.4. The van der Waals surface area contributed by atoms with Crippen molar-refractivity contribution in [3.05, 3.63) is 59.7 Å². The lowest BCUT2D eigenvalue weighted by Gasteiger charge is -2.24. The van der Waals surface area contributed by atoms with Crippen LogP contribution in [-0.2, 0) is 17.8 Å². The summed E-state index contributed by atoms with van der Waals surface area (Å²) in [6.07, 6.45) is 0.981. The number of hydrogen-bond donors (Lipinski definition) is 1. The highest BCUT2D eigenvalue weighted by atomic mass is 19.3. The van der Waals surface area contributed by atoms with Crippen molar-refractivity contribution >= 4 is 11.6 Å². The molecule has 0 spiro atoms. The molecule has 0 bridgehead atoms. The number of halogens is 2. The lowest BCUT2D eigenvalue weighted by atomic mass is 10.1. The largest absolute Gasteiger partial charge is 0.433 e. The van der Waals surface area contributed by atoms with Crippen LogP contribution < -0.4 is 10.1 Å². The first-order valence-electron chi connectivity index (χ1n) is 8.53. The van der Waals surface area contributed by atoms with Gasteiger partial charge in [0.2, 0.25) is 5.91 Å². The number of alkyl halides is 2. The van der Waals surface area contributed by atoms with E-state index >= 15 is 0 Å². The van der Waals surface area contributed by atoms with Gasteiger partial charge >= 0.3 is 6.61 Å². The molecule has 1 unspecified atom stereocenters. The van der Waals surface area contributed by atoms with E-state index in [1.807, 2.05) is 24.1 Å². The summed E-state index contributed by atoms with van der Waals surface area (Å²) in [7, 11) is 1.85. The van der Waals surface area contributed by atoms with E-state index in [-0.39, 0.29) is 17.3 Å².